The zero-order valence-corrected chi connectivity index (χ0v) is 9.66. The first-order valence-electron chi connectivity index (χ1n) is 6.30. The lowest BCUT2D eigenvalue weighted by molar-refractivity contribution is -0.120. The molecule has 0 aromatic heterocycles. The fraction of sp³-hybridized carbons (Fsp3) is 0.400. The molecule has 2 aliphatic carbocycles. The summed E-state index contributed by atoms with van der Waals surface area (Å²) >= 11 is 0. The van der Waals surface area contributed by atoms with Crippen molar-refractivity contribution < 1.29 is 6.17 Å². The Bertz CT molecular complexity index is 529. The SMILES string of the molecule is [2H][C@H]1c2ccccc2C=CC(=O)[C@]12CC2(C)C. The third kappa shape index (κ3) is 1.14. The number of benzene rings is 1. The first-order chi connectivity index (χ1) is 7.99. The maximum absolute atomic E-state index is 12.3. The predicted octanol–water partition coefficient (Wildman–Crippen LogP) is 3.24. The van der Waals surface area contributed by atoms with Gasteiger partial charge in [0.2, 0.25) is 0 Å². The Morgan fingerprint density at radius 3 is 2.62 bits per heavy atom. The zero-order valence-electron chi connectivity index (χ0n) is 10.7. The summed E-state index contributed by atoms with van der Waals surface area (Å²) in [7, 11) is 0. The molecule has 82 valence electrons. The summed E-state index contributed by atoms with van der Waals surface area (Å²) in [4.78, 5) is 12.3. The minimum absolute atomic E-state index is 0.0434. The van der Waals surface area contributed by atoms with Crippen molar-refractivity contribution in [1.82, 2.24) is 0 Å². The van der Waals surface area contributed by atoms with Gasteiger partial charge in [0.15, 0.2) is 5.78 Å². The number of carbonyl (C=O) groups excluding carboxylic acids is 1. The average Bonchev–Trinajstić information content (AvgIpc) is 2.91. The first kappa shape index (κ1) is 8.74. The van der Waals surface area contributed by atoms with Crippen LogP contribution in [0.25, 0.3) is 6.08 Å². The molecule has 1 nitrogen and oxygen atoms in total. The number of hydrogen-bond acceptors (Lipinski definition) is 1. The van der Waals surface area contributed by atoms with Crippen LogP contribution in [0.4, 0.5) is 0 Å². The molecule has 2 atom stereocenters. The van der Waals surface area contributed by atoms with Gasteiger partial charge in [-0.25, -0.2) is 0 Å². The third-order valence-corrected chi connectivity index (χ3v) is 4.06. The summed E-state index contributed by atoms with van der Waals surface area (Å²) < 4.78 is 8.48. The summed E-state index contributed by atoms with van der Waals surface area (Å²) in [5.41, 5.74) is 1.47. The van der Waals surface area contributed by atoms with Crippen molar-refractivity contribution in [3.63, 3.8) is 0 Å². The van der Waals surface area contributed by atoms with E-state index in [9.17, 15) is 4.79 Å². The number of hydrogen-bond donors (Lipinski definition) is 0. The molecule has 1 saturated carbocycles. The van der Waals surface area contributed by atoms with Gasteiger partial charge in [-0.1, -0.05) is 44.2 Å². The molecule has 0 heterocycles. The van der Waals surface area contributed by atoms with Gasteiger partial charge < -0.3 is 0 Å². The van der Waals surface area contributed by atoms with Crippen LogP contribution in [-0.2, 0) is 11.2 Å². The Morgan fingerprint density at radius 1 is 1.25 bits per heavy atom. The minimum Gasteiger partial charge on any atom is -0.294 e. The topological polar surface area (TPSA) is 17.1 Å². The fourth-order valence-electron chi connectivity index (χ4n) is 2.76. The van der Waals surface area contributed by atoms with Crippen molar-refractivity contribution in [2.45, 2.75) is 26.7 Å². The lowest BCUT2D eigenvalue weighted by Crippen LogP contribution is -2.21. The lowest BCUT2D eigenvalue weighted by Gasteiger charge is -2.16. The molecule has 1 fully saturated rings. The monoisotopic (exact) mass is 213 g/mol. The number of fused-ring (bicyclic) bond motifs is 1. The van der Waals surface area contributed by atoms with E-state index in [0.717, 1.165) is 17.5 Å². The number of carbonyl (C=O) groups is 1. The molecule has 16 heavy (non-hydrogen) atoms. The second-order valence-electron chi connectivity index (χ2n) is 5.50. The number of ketones is 1. The van der Waals surface area contributed by atoms with Gasteiger partial charge >= 0.3 is 0 Å². The van der Waals surface area contributed by atoms with Crippen molar-refractivity contribution >= 4 is 11.9 Å². The van der Waals surface area contributed by atoms with E-state index >= 15 is 0 Å². The van der Waals surface area contributed by atoms with Crippen LogP contribution in [-0.4, -0.2) is 5.78 Å². The molecule has 0 radical (unpaired) electrons. The van der Waals surface area contributed by atoms with Crippen molar-refractivity contribution in [1.29, 1.82) is 0 Å². The van der Waals surface area contributed by atoms with E-state index in [4.69, 9.17) is 1.37 Å². The molecule has 0 bridgehead atoms. The van der Waals surface area contributed by atoms with E-state index in [2.05, 4.69) is 13.8 Å². The Kier molecular flexibility index (Phi) is 1.56. The Balaban J connectivity index is 2.18. The van der Waals surface area contributed by atoms with Crippen molar-refractivity contribution in [2.24, 2.45) is 10.8 Å². The van der Waals surface area contributed by atoms with Crippen molar-refractivity contribution in [3.8, 4) is 0 Å². The Hall–Kier alpha value is -1.37. The van der Waals surface area contributed by atoms with E-state index in [1.54, 1.807) is 6.08 Å². The highest BCUT2D eigenvalue weighted by atomic mass is 16.1. The second kappa shape index (κ2) is 2.85. The van der Waals surface area contributed by atoms with Gasteiger partial charge in [0.1, 0.15) is 0 Å². The molecular weight excluding hydrogens is 196 g/mol. The van der Waals surface area contributed by atoms with E-state index < -0.39 is 11.8 Å². The molecule has 0 aliphatic heterocycles. The van der Waals surface area contributed by atoms with Gasteiger partial charge in [-0.2, -0.15) is 0 Å². The largest absolute Gasteiger partial charge is 0.294 e. The molecule has 1 aromatic carbocycles. The van der Waals surface area contributed by atoms with E-state index in [1.165, 1.54) is 0 Å². The molecule has 1 aromatic rings. The smallest absolute Gasteiger partial charge is 0.162 e. The average molecular weight is 213 g/mol. The first-order valence-corrected chi connectivity index (χ1v) is 5.73. The molecule has 0 amide bonds. The Morgan fingerprint density at radius 2 is 1.94 bits per heavy atom. The summed E-state index contributed by atoms with van der Waals surface area (Å²) in [5.74, 6) is 0.124. The van der Waals surface area contributed by atoms with E-state index in [-0.39, 0.29) is 11.2 Å². The van der Waals surface area contributed by atoms with Crippen LogP contribution < -0.4 is 0 Å². The van der Waals surface area contributed by atoms with Crippen LogP contribution in [0, 0.1) is 10.8 Å². The fourth-order valence-corrected chi connectivity index (χ4v) is 2.76. The van der Waals surface area contributed by atoms with Gasteiger partial charge in [-0.3, -0.25) is 4.79 Å². The lowest BCUT2D eigenvalue weighted by atomic mass is 9.85. The Labute approximate surface area is 97.6 Å². The van der Waals surface area contributed by atoms with Crippen LogP contribution in [0.5, 0.6) is 0 Å². The molecule has 1 spiro atoms. The maximum Gasteiger partial charge on any atom is 0.162 e. The molecule has 0 N–H and O–H groups in total. The summed E-state index contributed by atoms with van der Waals surface area (Å²) in [6.45, 7) is 4.18. The normalized spacial score (nSPS) is 35.5. The van der Waals surface area contributed by atoms with Crippen LogP contribution in [0.3, 0.4) is 0 Å². The highest BCUT2D eigenvalue weighted by Gasteiger charge is 2.64. The van der Waals surface area contributed by atoms with Crippen LogP contribution in [0.2, 0.25) is 0 Å². The summed E-state index contributed by atoms with van der Waals surface area (Å²) in [5, 5.41) is 0. The van der Waals surface area contributed by atoms with E-state index in [1.807, 2.05) is 30.3 Å². The molecule has 1 heteroatoms. The highest BCUT2D eigenvalue weighted by molar-refractivity contribution is 6.02. The second-order valence-corrected chi connectivity index (χ2v) is 5.50. The van der Waals surface area contributed by atoms with Crippen LogP contribution in [0.15, 0.2) is 30.3 Å². The zero-order chi connectivity index (χ0) is 12.3. The number of rotatable bonds is 0. The third-order valence-electron chi connectivity index (χ3n) is 4.06. The molecule has 2 aliphatic rings. The standard InChI is InChI=1S/C15H16O/c1-14(2)10-15(14)9-12-6-4-3-5-11(12)7-8-13(15)16/h3-8H,9-10H2,1-2H3/t15-/m1/s1/i9D/t9-,15+/m0. The van der Waals surface area contributed by atoms with Crippen molar-refractivity contribution in [2.75, 3.05) is 0 Å². The molecular formula is C15H16O. The minimum atomic E-state index is -0.490. The van der Waals surface area contributed by atoms with Crippen molar-refractivity contribution in [3.05, 3.63) is 41.5 Å². The van der Waals surface area contributed by atoms with Gasteiger partial charge in [0.05, 0.1) is 0 Å². The van der Waals surface area contributed by atoms with Gasteiger partial charge in [-0.05, 0) is 35.4 Å². The van der Waals surface area contributed by atoms with Crippen LogP contribution >= 0.6 is 0 Å². The van der Waals surface area contributed by atoms with Gasteiger partial charge in [0.25, 0.3) is 0 Å². The molecule has 0 saturated heterocycles. The summed E-state index contributed by atoms with van der Waals surface area (Å²) in [6, 6.07) is 7.87. The maximum atomic E-state index is 12.3. The van der Waals surface area contributed by atoms with Gasteiger partial charge in [-0.15, -0.1) is 0 Å². The van der Waals surface area contributed by atoms with Crippen LogP contribution in [0.1, 0.15) is 32.8 Å². The number of allylic oxidation sites excluding steroid dienone is 1. The summed E-state index contributed by atoms with van der Waals surface area (Å²) in [6.07, 6.45) is 3.92. The highest BCUT2D eigenvalue weighted by Crippen LogP contribution is 2.66. The van der Waals surface area contributed by atoms with E-state index in [0.29, 0.717) is 0 Å². The molecule has 3 rings (SSSR count). The molecule has 0 unspecified atom stereocenters. The predicted molar refractivity (Wildman–Crippen MR) is 65.0 cm³/mol. The quantitative estimate of drug-likeness (QED) is 0.646. The van der Waals surface area contributed by atoms with Gasteiger partial charge in [0, 0.05) is 6.79 Å².